The lowest BCUT2D eigenvalue weighted by Gasteiger charge is -2.24. The van der Waals surface area contributed by atoms with Gasteiger partial charge >= 0.3 is 11.9 Å². The average molecular weight is 408 g/mol. The molecule has 1 aromatic carbocycles. The van der Waals surface area contributed by atoms with E-state index in [-0.39, 0.29) is 19.4 Å². The predicted molar refractivity (Wildman–Crippen MR) is 100 cm³/mol. The summed E-state index contributed by atoms with van der Waals surface area (Å²) in [4.78, 5) is 28.6. The van der Waals surface area contributed by atoms with Crippen molar-refractivity contribution in [1.29, 1.82) is 0 Å². The number of pyridine rings is 1. The number of hydrogen-bond acceptors (Lipinski definition) is 4. The van der Waals surface area contributed by atoms with Crippen molar-refractivity contribution in [1.82, 2.24) is 4.98 Å². The Labute approximate surface area is 155 Å². The molecule has 1 N–H and O–H groups in total. The molecule has 0 aliphatic heterocycles. The third-order valence-electron chi connectivity index (χ3n) is 3.84. The van der Waals surface area contributed by atoms with Gasteiger partial charge in [-0.05, 0) is 31.0 Å². The summed E-state index contributed by atoms with van der Waals surface area (Å²) in [5, 5.41) is 9.90. The van der Waals surface area contributed by atoms with Gasteiger partial charge in [-0.2, -0.15) is 0 Å². The summed E-state index contributed by atoms with van der Waals surface area (Å²) >= 11 is 3.51. The van der Waals surface area contributed by atoms with Gasteiger partial charge in [-0.15, -0.1) is 0 Å². The molecule has 0 radical (unpaired) electrons. The molecule has 134 valence electrons. The number of carbonyl (C=O) groups excluding carboxylic acids is 1. The molecule has 0 saturated heterocycles. The maximum atomic E-state index is 12.7. The Morgan fingerprint density at radius 1 is 1.28 bits per heavy atom. The molecule has 6 heteroatoms. The van der Waals surface area contributed by atoms with Crippen molar-refractivity contribution in [2.24, 2.45) is 0 Å². The van der Waals surface area contributed by atoms with Gasteiger partial charge in [0.1, 0.15) is 0 Å². The molecular weight excluding hydrogens is 386 g/mol. The molecule has 5 nitrogen and oxygen atoms in total. The Morgan fingerprint density at radius 3 is 2.52 bits per heavy atom. The SMILES string of the molecule is CCOC(=O)c1c(C(C)(C)C)nc2cccc(Br)c2c1CCC(=O)O. The Morgan fingerprint density at radius 2 is 1.96 bits per heavy atom. The van der Waals surface area contributed by atoms with E-state index in [1.165, 1.54) is 0 Å². The van der Waals surface area contributed by atoms with Crippen LogP contribution in [0.4, 0.5) is 0 Å². The minimum Gasteiger partial charge on any atom is -0.481 e. The number of carboxylic acids is 1. The van der Waals surface area contributed by atoms with Crippen molar-refractivity contribution in [3.8, 4) is 0 Å². The summed E-state index contributed by atoms with van der Waals surface area (Å²) < 4.78 is 6.04. The molecule has 0 bridgehead atoms. The Bertz CT molecular complexity index is 824. The molecule has 0 fully saturated rings. The van der Waals surface area contributed by atoms with Crippen LogP contribution in [-0.2, 0) is 21.4 Å². The smallest absolute Gasteiger partial charge is 0.340 e. The van der Waals surface area contributed by atoms with Crippen LogP contribution in [-0.4, -0.2) is 28.6 Å². The molecule has 0 saturated carbocycles. The zero-order valence-corrected chi connectivity index (χ0v) is 16.4. The van der Waals surface area contributed by atoms with Gasteiger partial charge in [0.05, 0.1) is 23.4 Å². The highest BCUT2D eigenvalue weighted by Gasteiger charge is 2.29. The van der Waals surface area contributed by atoms with Gasteiger partial charge < -0.3 is 9.84 Å². The van der Waals surface area contributed by atoms with Crippen LogP contribution in [0.15, 0.2) is 22.7 Å². The number of hydrogen-bond donors (Lipinski definition) is 1. The van der Waals surface area contributed by atoms with Crippen LogP contribution < -0.4 is 0 Å². The first-order chi connectivity index (χ1) is 11.7. The molecule has 1 heterocycles. The summed E-state index contributed by atoms with van der Waals surface area (Å²) in [6.45, 7) is 7.92. The van der Waals surface area contributed by atoms with E-state index in [0.29, 0.717) is 16.8 Å². The van der Waals surface area contributed by atoms with Crippen molar-refractivity contribution in [3.05, 3.63) is 39.5 Å². The van der Waals surface area contributed by atoms with Gasteiger partial charge in [-0.25, -0.2) is 4.79 Å². The Kier molecular flexibility index (Phi) is 5.83. The summed E-state index contributed by atoms with van der Waals surface area (Å²) in [6.07, 6.45) is 0.157. The monoisotopic (exact) mass is 407 g/mol. The molecule has 25 heavy (non-hydrogen) atoms. The fraction of sp³-hybridized carbons (Fsp3) is 0.421. The van der Waals surface area contributed by atoms with E-state index in [1.54, 1.807) is 6.92 Å². The van der Waals surface area contributed by atoms with Crippen LogP contribution in [0.2, 0.25) is 0 Å². The number of carbonyl (C=O) groups is 2. The molecule has 0 unspecified atom stereocenters. The molecule has 0 aliphatic carbocycles. The molecule has 0 aliphatic rings. The lowest BCUT2D eigenvalue weighted by atomic mass is 9.84. The van der Waals surface area contributed by atoms with E-state index >= 15 is 0 Å². The normalized spacial score (nSPS) is 11.6. The van der Waals surface area contributed by atoms with E-state index in [1.807, 2.05) is 39.0 Å². The fourth-order valence-electron chi connectivity index (χ4n) is 2.80. The van der Waals surface area contributed by atoms with E-state index in [4.69, 9.17) is 14.8 Å². The van der Waals surface area contributed by atoms with E-state index < -0.39 is 17.4 Å². The zero-order chi connectivity index (χ0) is 18.8. The standard InChI is InChI=1S/C19H22BrNO4/c1-5-25-18(24)16-11(9-10-14(22)23)15-12(20)7-6-8-13(15)21-17(16)19(2,3)4/h6-8H,5,9-10H2,1-4H3,(H,22,23). The number of carboxylic acid groups (broad SMARTS) is 1. The van der Waals surface area contributed by atoms with E-state index in [2.05, 4.69) is 15.9 Å². The van der Waals surface area contributed by atoms with Crippen molar-refractivity contribution in [2.45, 2.75) is 46.0 Å². The second-order valence-corrected chi connectivity index (χ2v) is 7.67. The maximum Gasteiger partial charge on any atom is 0.340 e. The van der Waals surface area contributed by atoms with Gasteiger partial charge in [0.2, 0.25) is 0 Å². The fourth-order valence-corrected chi connectivity index (χ4v) is 3.39. The number of halogens is 1. The van der Waals surface area contributed by atoms with E-state index in [9.17, 15) is 9.59 Å². The lowest BCUT2D eigenvalue weighted by Crippen LogP contribution is -2.23. The highest BCUT2D eigenvalue weighted by molar-refractivity contribution is 9.10. The molecule has 2 aromatic rings. The summed E-state index contributed by atoms with van der Waals surface area (Å²) in [5.41, 5.74) is 2.01. The molecule has 0 atom stereocenters. The van der Waals surface area contributed by atoms with Crippen LogP contribution in [0.5, 0.6) is 0 Å². The second-order valence-electron chi connectivity index (χ2n) is 6.81. The van der Waals surface area contributed by atoms with Crippen molar-refractivity contribution in [2.75, 3.05) is 6.61 Å². The quantitative estimate of drug-likeness (QED) is 0.738. The van der Waals surface area contributed by atoms with Gasteiger partial charge in [0.15, 0.2) is 0 Å². The average Bonchev–Trinajstić information content (AvgIpc) is 2.51. The number of fused-ring (bicyclic) bond motifs is 1. The topological polar surface area (TPSA) is 76.5 Å². The highest BCUT2D eigenvalue weighted by atomic mass is 79.9. The third-order valence-corrected chi connectivity index (χ3v) is 4.50. The molecule has 1 aromatic heterocycles. The summed E-state index contributed by atoms with van der Waals surface area (Å²) in [7, 11) is 0. The lowest BCUT2D eigenvalue weighted by molar-refractivity contribution is -0.136. The van der Waals surface area contributed by atoms with Gasteiger partial charge in [0.25, 0.3) is 0 Å². The highest BCUT2D eigenvalue weighted by Crippen LogP contribution is 2.35. The largest absolute Gasteiger partial charge is 0.481 e. The minimum absolute atomic E-state index is 0.0730. The molecule has 0 amide bonds. The van der Waals surface area contributed by atoms with Gasteiger partial charge in [-0.1, -0.05) is 42.8 Å². The number of aromatic nitrogens is 1. The first-order valence-corrected chi connectivity index (χ1v) is 8.96. The number of aliphatic carboxylic acids is 1. The summed E-state index contributed by atoms with van der Waals surface area (Å²) in [6, 6.07) is 5.60. The van der Waals surface area contributed by atoms with Crippen LogP contribution in [0.25, 0.3) is 10.9 Å². The molecule has 0 spiro atoms. The van der Waals surface area contributed by atoms with Crippen molar-refractivity contribution in [3.63, 3.8) is 0 Å². The van der Waals surface area contributed by atoms with Gasteiger partial charge in [0, 0.05) is 21.7 Å². The summed E-state index contributed by atoms with van der Waals surface area (Å²) in [5.74, 6) is -1.37. The third kappa shape index (κ3) is 4.18. The first kappa shape index (κ1) is 19.4. The molecular formula is C19H22BrNO4. The van der Waals surface area contributed by atoms with Crippen LogP contribution in [0.1, 0.15) is 55.7 Å². The van der Waals surface area contributed by atoms with Crippen LogP contribution in [0.3, 0.4) is 0 Å². The zero-order valence-electron chi connectivity index (χ0n) is 14.9. The van der Waals surface area contributed by atoms with Crippen molar-refractivity contribution >= 4 is 38.8 Å². The van der Waals surface area contributed by atoms with E-state index in [0.717, 1.165) is 15.4 Å². The first-order valence-electron chi connectivity index (χ1n) is 8.17. The van der Waals surface area contributed by atoms with Crippen molar-refractivity contribution < 1.29 is 19.4 Å². The second kappa shape index (κ2) is 7.52. The molecule has 2 rings (SSSR count). The Balaban J connectivity index is 2.88. The van der Waals surface area contributed by atoms with Crippen LogP contribution >= 0.6 is 15.9 Å². The predicted octanol–water partition coefficient (Wildman–Crippen LogP) is 4.49. The number of rotatable bonds is 5. The number of esters is 1. The number of benzene rings is 1. The number of aryl methyl sites for hydroxylation is 1. The van der Waals surface area contributed by atoms with Crippen LogP contribution in [0, 0.1) is 0 Å². The number of ether oxygens (including phenoxy) is 1. The van der Waals surface area contributed by atoms with Gasteiger partial charge in [-0.3, -0.25) is 9.78 Å². The number of nitrogens with zero attached hydrogens (tertiary/aromatic N) is 1. The minimum atomic E-state index is -0.913. The Hall–Kier alpha value is -1.95. The maximum absolute atomic E-state index is 12.7.